The molecule has 0 radical (unpaired) electrons. The van der Waals surface area contributed by atoms with Gasteiger partial charge < -0.3 is 9.47 Å². The highest BCUT2D eigenvalue weighted by molar-refractivity contribution is 7.14. The number of hydrogen-bond acceptors (Lipinski definition) is 6. The first kappa shape index (κ1) is 16.9. The molecule has 25 heavy (non-hydrogen) atoms. The predicted octanol–water partition coefficient (Wildman–Crippen LogP) is 3.62. The molecule has 1 N–H and O–H groups in total. The number of nitrogens with one attached hydrogen (secondary N) is 1. The fourth-order valence-corrected chi connectivity index (χ4v) is 2.79. The number of thiazole rings is 1. The number of anilines is 1. The molecule has 0 aliphatic carbocycles. The number of ether oxygens (including phenoxy) is 2. The lowest BCUT2D eigenvalue weighted by Gasteiger charge is -2.07. The van der Waals surface area contributed by atoms with Crippen LogP contribution in [0.25, 0.3) is 11.4 Å². The minimum Gasteiger partial charge on any atom is -0.494 e. The minimum absolute atomic E-state index is 0.0908. The van der Waals surface area contributed by atoms with Crippen LogP contribution < -0.4 is 14.8 Å². The molecule has 0 saturated carbocycles. The molecule has 0 aliphatic heterocycles. The van der Waals surface area contributed by atoms with Gasteiger partial charge in [-0.25, -0.2) is 4.98 Å². The van der Waals surface area contributed by atoms with Crippen LogP contribution in [0.4, 0.5) is 5.13 Å². The molecule has 7 heteroatoms. The van der Waals surface area contributed by atoms with E-state index >= 15 is 0 Å². The summed E-state index contributed by atoms with van der Waals surface area (Å²) < 4.78 is 10.8. The molecule has 6 nitrogen and oxygen atoms in total. The van der Waals surface area contributed by atoms with Gasteiger partial charge in [-0.2, -0.15) is 0 Å². The van der Waals surface area contributed by atoms with E-state index in [2.05, 4.69) is 15.3 Å². The van der Waals surface area contributed by atoms with E-state index in [1.807, 2.05) is 30.5 Å². The normalized spacial score (nSPS) is 10.3. The van der Waals surface area contributed by atoms with Crippen molar-refractivity contribution in [1.82, 2.24) is 9.97 Å². The predicted molar refractivity (Wildman–Crippen MR) is 97.1 cm³/mol. The minimum atomic E-state index is -0.268. The zero-order chi connectivity index (χ0) is 17.5. The van der Waals surface area contributed by atoms with Gasteiger partial charge in [-0.15, -0.1) is 11.3 Å². The third-order valence-corrected chi connectivity index (χ3v) is 3.94. The van der Waals surface area contributed by atoms with Gasteiger partial charge in [0.15, 0.2) is 11.7 Å². The van der Waals surface area contributed by atoms with E-state index in [0.717, 1.165) is 17.1 Å². The van der Waals surface area contributed by atoms with Crippen LogP contribution in [-0.4, -0.2) is 29.1 Å². The van der Waals surface area contributed by atoms with E-state index in [4.69, 9.17) is 9.47 Å². The van der Waals surface area contributed by atoms with Gasteiger partial charge in [0.25, 0.3) is 5.91 Å². The highest BCUT2D eigenvalue weighted by Crippen LogP contribution is 2.23. The van der Waals surface area contributed by atoms with Crippen LogP contribution in [-0.2, 0) is 4.79 Å². The summed E-state index contributed by atoms with van der Waals surface area (Å²) in [7, 11) is 0. The summed E-state index contributed by atoms with van der Waals surface area (Å²) in [6.07, 6.45) is 1.71. The van der Waals surface area contributed by atoms with Crippen molar-refractivity contribution in [2.24, 2.45) is 0 Å². The molecule has 3 rings (SSSR count). The van der Waals surface area contributed by atoms with E-state index in [1.54, 1.807) is 30.5 Å². The van der Waals surface area contributed by atoms with Gasteiger partial charge in [0.2, 0.25) is 0 Å². The molecule has 1 aromatic carbocycles. The van der Waals surface area contributed by atoms with Crippen LogP contribution in [0.2, 0.25) is 0 Å². The van der Waals surface area contributed by atoms with Crippen LogP contribution in [0.3, 0.4) is 0 Å². The van der Waals surface area contributed by atoms with Crippen molar-refractivity contribution in [2.45, 2.75) is 6.92 Å². The van der Waals surface area contributed by atoms with Gasteiger partial charge in [-0.3, -0.25) is 15.1 Å². The first-order valence-corrected chi connectivity index (χ1v) is 8.65. The number of pyridine rings is 1. The Labute approximate surface area is 149 Å². The molecule has 2 aromatic heterocycles. The highest BCUT2D eigenvalue weighted by Gasteiger charge is 2.09. The smallest absolute Gasteiger partial charge is 0.264 e. The zero-order valence-electron chi connectivity index (χ0n) is 13.6. The Bertz CT molecular complexity index is 819. The number of hydrogen-bond donors (Lipinski definition) is 1. The van der Waals surface area contributed by atoms with Gasteiger partial charge in [0, 0.05) is 11.6 Å². The van der Waals surface area contributed by atoms with Crippen LogP contribution in [0.15, 0.2) is 54.0 Å². The molecule has 2 heterocycles. The third-order valence-electron chi connectivity index (χ3n) is 3.18. The maximum Gasteiger partial charge on any atom is 0.264 e. The molecule has 0 aliphatic rings. The van der Waals surface area contributed by atoms with Crippen LogP contribution in [0, 0.1) is 0 Å². The number of aromatic nitrogens is 2. The SMILES string of the molecule is CCOc1ccc(OCC(=O)Nc2nc(-c3ccccn3)cs2)cc1. The quantitative estimate of drug-likeness (QED) is 0.701. The Balaban J connectivity index is 1.52. The lowest BCUT2D eigenvalue weighted by atomic mass is 10.3. The number of carbonyl (C=O) groups is 1. The average Bonchev–Trinajstić information content (AvgIpc) is 3.11. The van der Waals surface area contributed by atoms with Crippen molar-refractivity contribution in [1.29, 1.82) is 0 Å². The lowest BCUT2D eigenvalue weighted by Crippen LogP contribution is -2.20. The fraction of sp³-hybridized carbons (Fsp3) is 0.167. The standard InChI is InChI=1S/C18H17N3O3S/c1-2-23-13-6-8-14(9-7-13)24-11-17(22)21-18-20-16(12-25-18)15-5-3-4-10-19-15/h3-10,12H,2,11H2,1H3,(H,20,21,22). The largest absolute Gasteiger partial charge is 0.494 e. The average molecular weight is 355 g/mol. The first-order chi connectivity index (χ1) is 12.2. The number of rotatable bonds is 7. The van der Waals surface area contributed by atoms with E-state index in [-0.39, 0.29) is 12.5 Å². The van der Waals surface area contributed by atoms with Crippen molar-refractivity contribution in [3.63, 3.8) is 0 Å². The third kappa shape index (κ3) is 4.77. The van der Waals surface area contributed by atoms with Gasteiger partial charge in [0.05, 0.1) is 12.3 Å². The molecule has 128 valence electrons. The molecule has 1 amide bonds. The second kappa shape index (κ2) is 8.25. The van der Waals surface area contributed by atoms with Crippen molar-refractivity contribution in [3.8, 4) is 22.9 Å². The zero-order valence-corrected chi connectivity index (χ0v) is 14.5. The second-order valence-electron chi connectivity index (χ2n) is 4.99. The van der Waals surface area contributed by atoms with Gasteiger partial charge in [0.1, 0.15) is 17.2 Å². The molecule has 0 saturated heterocycles. The van der Waals surface area contributed by atoms with Crippen LogP contribution in [0.1, 0.15) is 6.92 Å². The number of carbonyl (C=O) groups excluding carboxylic acids is 1. The summed E-state index contributed by atoms with van der Waals surface area (Å²) in [5, 5.41) is 5.09. The summed E-state index contributed by atoms with van der Waals surface area (Å²) in [4.78, 5) is 20.6. The van der Waals surface area contributed by atoms with Crippen molar-refractivity contribution in [3.05, 3.63) is 54.0 Å². The first-order valence-electron chi connectivity index (χ1n) is 7.77. The summed E-state index contributed by atoms with van der Waals surface area (Å²) in [6.45, 7) is 2.44. The monoisotopic (exact) mass is 355 g/mol. The van der Waals surface area contributed by atoms with Crippen LogP contribution in [0.5, 0.6) is 11.5 Å². The Morgan fingerprint density at radius 3 is 2.52 bits per heavy atom. The van der Waals surface area contributed by atoms with Gasteiger partial charge in [-0.05, 0) is 43.3 Å². The Morgan fingerprint density at radius 1 is 1.08 bits per heavy atom. The Morgan fingerprint density at radius 2 is 1.84 bits per heavy atom. The maximum absolute atomic E-state index is 12.0. The Hall–Kier alpha value is -2.93. The topological polar surface area (TPSA) is 73.3 Å². The van der Waals surface area contributed by atoms with E-state index in [9.17, 15) is 4.79 Å². The molecule has 0 spiro atoms. The second-order valence-corrected chi connectivity index (χ2v) is 5.85. The summed E-state index contributed by atoms with van der Waals surface area (Å²) in [6, 6.07) is 12.7. The van der Waals surface area contributed by atoms with Gasteiger partial charge >= 0.3 is 0 Å². The number of nitrogens with zero attached hydrogens (tertiary/aromatic N) is 2. The van der Waals surface area contributed by atoms with Crippen molar-refractivity contribution < 1.29 is 14.3 Å². The van der Waals surface area contributed by atoms with E-state index in [1.165, 1.54) is 11.3 Å². The maximum atomic E-state index is 12.0. The lowest BCUT2D eigenvalue weighted by molar-refractivity contribution is -0.118. The molecule has 0 atom stereocenters. The number of amides is 1. The molecular formula is C18H17N3O3S. The molecule has 0 fully saturated rings. The number of benzene rings is 1. The van der Waals surface area contributed by atoms with E-state index < -0.39 is 0 Å². The molecular weight excluding hydrogens is 338 g/mol. The molecule has 0 bridgehead atoms. The highest BCUT2D eigenvalue weighted by atomic mass is 32.1. The molecule has 0 unspecified atom stereocenters. The van der Waals surface area contributed by atoms with Crippen molar-refractivity contribution >= 4 is 22.4 Å². The summed E-state index contributed by atoms with van der Waals surface area (Å²) in [5.41, 5.74) is 1.50. The van der Waals surface area contributed by atoms with Crippen molar-refractivity contribution in [2.75, 3.05) is 18.5 Å². The fourth-order valence-electron chi connectivity index (χ4n) is 2.07. The Kier molecular flexibility index (Phi) is 5.58. The summed E-state index contributed by atoms with van der Waals surface area (Å²) >= 11 is 1.35. The van der Waals surface area contributed by atoms with Gasteiger partial charge in [-0.1, -0.05) is 6.07 Å². The van der Waals surface area contributed by atoms with Crippen LogP contribution >= 0.6 is 11.3 Å². The summed E-state index contributed by atoms with van der Waals surface area (Å²) in [5.74, 6) is 1.10. The molecule has 3 aromatic rings. The van der Waals surface area contributed by atoms with E-state index in [0.29, 0.717) is 17.5 Å².